The van der Waals surface area contributed by atoms with E-state index >= 15 is 0 Å². The molecule has 2 heterocycles. The van der Waals surface area contributed by atoms with E-state index in [1.54, 1.807) is 32.7 Å². The van der Waals surface area contributed by atoms with Crippen LogP contribution in [0.15, 0.2) is 28.9 Å². The molecule has 0 amide bonds. The summed E-state index contributed by atoms with van der Waals surface area (Å²) in [5, 5.41) is 2.36. The molecule has 3 rings (SSSR count). The Balaban J connectivity index is 2.54. The molecule has 0 N–H and O–H groups in total. The highest BCUT2D eigenvalue weighted by Crippen LogP contribution is 2.43. The van der Waals surface area contributed by atoms with Gasteiger partial charge in [0.25, 0.3) is 0 Å². The first kappa shape index (κ1) is 12.5. The van der Waals surface area contributed by atoms with Gasteiger partial charge in [0, 0.05) is 30.1 Å². The van der Waals surface area contributed by atoms with Gasteiger partial charge in [-0.2, -0.15) is 0 Å². The lowest BCUT2D eigenvalue weighted by atomic mass is 10.1. The number of hydrogen-bond acceptors (Lipinski definition) is 5. The number of benzene rings is 1. The first-order valence-corrected chi connectivity index (χ1v) is 6.09. The van der Waals surface area contributed by atoms with Gasteiger partial charge >= 0.3 is 0 Å². The summed E-state index contributed by atoms with van der Waals surface area (Å²) >= 11 is 0. The molecule has 0 radical (unpaired) electrons. The maximum absolute atomic E-state index is 11.5. The molecule has 0 fully saturated rings. The van der Waals surface area contributed by atoms with Crippen molar-refractivity contribution < 1.29 is 18.7 Å². The van der Waals surface area contributed by atoms with Crippen LogP contribution < -0.4 is 9.47 Å². The normalized spacial score (nSPS) is 10.9. The van der Waals surface area contributed by atoms with Crippen molar-refractivity contribution in [2.24, 2.45) is 0 Å². The van der Waals surface area contributed by atoms with Gasteiger partial charge in [0.2, 0.25) is 0 Å². The van der Waals surface area contributed by atoms with Crippen molar-refractivity contribution in [3.05, 3.63) is 30.3 Å². The molecule has 3 aromatic rings. The fourth-order valence-corrected chi connectivity index (χ4v) is 2.37. The van der Waals surface area contributed by atoms with Gasteiger partial charge in [-0.05, 0) is 12.1 Å². The molecule has 0 aliphatic carbocycles. The summed E-state index contributed by atoms with van der Waals surface area (Å²) in [7, 11) is 3.14. The summed E-state index contributed by atoms with van der Waals surface area (Å²) in [4.78, 5) is 15.6. The van der Waals surface area contributed by atoms with Crippen molar-refractivity contribution in [2.75, 3.05) is 14.2 Å². The van der Waals surface area contributed by atoms with E-state index in [1.807, 2.05) is 6.07 Å². The van der Waals surface area contributed by atoms with Gasteiger partial charge in [0.05, 0.1) is 19.6 Å². The number of furan rings is 1. The number of aromatic nitrogens is 1. The number of Topliss-reactive ketones (excluding diaryl/α,β-unsaturated/α-hetero) is 1. The van der Waals surface area contributed by atoms with E-state index in [4.69, 9.17) is 13.9 Å². The Hall–Kier alpha value is -2.56. The molecule has 0 saturated carbocycles. The highest BCUT2D eigenvalue weighted by atomic mass is 16.5. The van der Waals surface area contributed by atoms with Crippen LogP contribution in [-0.2, 0) is 0 Å². The number of fused-ring (bicyclic) bond motifs is 2. The molecule has 0 unspecified atom stereocenters. The Kier molecular flexibility index (Phi) is 2.82. The highest BCUT2D eigenvalue weighted by Gasteiger charge is 2.20. The number of methoxy groups -OCH3 is 2. The molecule has 102 valence electrons. The van der Waals surface area contributed by atoms with Crippen LogP contribution in [0.4, 0.5) is 0 Å². The molecule has 5 nitrogen and oxygen atoms in total. The second-order valence-electron chi connectivity index (χ2n) is 4.40. The minimum absolute atomic E-state index is 0.146. The number of ketones is 1. The van der Waals surface area contributed by atoms with E-state index in [0.717, 1.165) is 10.8 Å². The fraction of sp³-hybridized carbons (Fsp3) is 0.200. The van der Waals surface area contributed by atoms with Crippen LogP contribution in [0.1, 0.15) is 17.5 Å². The summed E-state index contributed by atoms with van der Waals surface area (Å²) < 4.78 is 16.5. The van der Waals surface area contributed by atoms with E-state index in [0.29, 0.717) is 22.5 Å². The second-order valence-corrected chi connectivity index (χ2v) is 4.40. The molecule has 1 aromatic carbocycles. The molecule has 0 atom stereocenters. The fourth-order valence-electron chi connectivity index (χ4n) is 2.37. The number of ether oxygens (including phenoxy) is 2. The number of pyridine rings is 1. The minimum Gasteiger partial charge on any atom is -0.495 e. The zero-order valence-corrected chi connectivity index (χ0v) is 11.4. The average molecular weight is 271 g/mol. The molecule has 0 saturated heterocycles. The molecule has 0 aliphatic heterocycles. The second kappa shape index (κ2) is 4.52. The van der Waals surface area contributed by atoms with Crippen molar-refractivity contribution in [1.29, 1.82) is 0 Å². The third-order valence-corrected chi connectivity index (χ3v) is 3.25. The topological polar surface area (TPSA) is 61.6 Å². The third kappa shape index (κ3) is 1.63. The molecule has 0 bridgehead atoms. The molecular weight excluding hydrogens is 258 g/mol. The van der Waals surface area contributed by atoms with E-state index in [9.17, 15) is 4.79 Å². The Labute approximate surface area is 115 Å². The summed E-state index contributed by atoms with van der Waals surface area (Å²) in [6.45, 7) is 1.46. The quantitative estimate of drug-likeness (QED) is 0.684. The van der Waals surface area contributed by atoms with Gasteiger partial charge in [-0.1, -0.05) is 0 Å². The zero-order valence-electron chi connectivity index (χ0n) is 11.4. The van der Waals surface area contributed by atoms with Crippen LogP contribution in [0.2, 0.25) is 0 Å². The van der Waals surface area contributed by atoms with Crippen LogP contribution in [0, 0.1) is 0 Å². The van der Waals surface area contributed by atoms with Crippen molar-refractivity contribution in [1.82, 2.24) is 4.98 Å². The first-order chi connectivity index (χ1) is 9.67. The zero-order chi connectivity index (χ0) is 14.3. The molecule has 5 heteroatoms. The van der Waals surface area contributed by atoms with Crippen LogP contribution in [-0.4, -0.2) is 25.0 Å². The Bertz CT molecular complexity index is 759. The van der Waals surface area contributed by atoms with Gasteiger partial charge in [0.15, 0.2) is 22.9 Å². The van der Waals surface area contributed by atoms with Gasteiger partial charge in [-0.25, -0.2) is 0 Å². The van der Waals surface area contributed by atoms with Crippen molar-refractivity contribution in [2.45, 2.75) is 6.92 Å². The maximum Gasteiger partial charge on any atom is 0.194 e. The average Bonchev–Trinajstić information content (AvgIpc) is 2.89. The van der Waals surface area contributed by atoms with E-state index in [2.05, 4.69) is 4.98 Å². The van der Waals surface area contributed by atoms with E-state index in [1.165, 1.54) is 6.92 Å². The van der Waals surface area contributed by atoms with Crippen molar-refractivity contribution in [3.8, 4) is 11.5 Å². The highest BCUT2D eigenvalue weighted by molar-refractivity contribution is 6.10. The summed E-state index contributed by atoms with van der Waals surface area (Å²) in [6, 6.07) is 3.52. The molecule has 2 aromatic heterocycles. The molecule has 0 spiro atoms. The first-order valence-electron chi connectivity index (χ1n) is 6.09. The largest absolute Gasteiger partial charge is 0.495 e. The Morgan fingerprint density at radius 2 is 1.90 bits per heavy atom. The van der Waals surface area contributed by atoms with Crippen molar-refractivity contribution >= 4 is 27.5 Å². The standard InChI is InChI=1S/C15H13NO4/c1-8(17)12-6-10-13(18-2)9-4-5-16-7-11(9)14(19-3)15(10)20-12/h4-7H,1-3H3. The van der Waals surface area contributed by atoms with Gasteiger partial charge in [-0.15, -0.1) is 0 Å². The van der Waals surface area contributed by atoms with Gasteiger partial charge in [0.1, 0.15) is 5.75 Å². The number of carbonyl (C=O) groups excluding carboxylic acids is 1. The van der Waals surface area contributed by atoms with Crippen LogP contribution >= 0.6 is 0 Å². The SMILES string of the molecule is COc1c2ccncc2c(OC)c2oc(C(C)=O)cc12. The lowest BCUT2D eigenvalue weighted by Gasteiger charge is -2.10. The molecular formula is C15H13NO4. The van der Waals surface area contributed by atoms with Gasteiger partial charge in [-0.3, -0.25) is 9.78 Å². The molecule has 0 aliphatic rings. The number of hydrogen-bond donors (Lipinski definition) is 0. The monoisotopic (exact) mass is 271 g/mol. The maximum atomic E-state index is 11.5. The summed E-state index contributed by atoms with van der Waals surface area (Å²) in [6.07, 6.45) is 3.37. The number of nitrogens with zero attached hydrogens (tertiary/aromatic N) is 1. The lowest BCUT2D eigenvalue weighted by molar-refractivity contribution is 0.0989. The lowest BCUT2D eigenvalue weighted by Crippen LogP contribution is -1.91. The predicted molar refractivity (Wildman–Crippen MR) is 74.6 cm³/mol. The van der Waals surface area contributed by atoms with Crippen LogP contribution in [0.25, 0.3) is 21.7 Å². The van der Waals surface area contributed by atoms with Crippen molar-refractivity contribution in [3.63, 3.8) is 0 Å². The summed E-state index contributed by atoms with van der Waals surface area (Å²) in [5.74, 6) is 1.33. The van der Waals surface area contributed by atoms with E-state index < -0.39 is 0 Å². The number of rotatable bonds is 3. The summed E-state index contributed by atoms with van der Waals surface area (Å²) in [5.41, 5.74) is 0.495. The third-order valence-electron chi connectivity index (χ3n) is 3.25. The number of carbonyl (C=O) groups is 1. The minimum atomic E-state index is -0.146. The Morgan fingerprint density at radius 1 is 1.15 bits per heavy atom. The Morgan fingerprint density at radius 3 is 2.55 bits per heavy atom. The molecule has 20 heavy (non-hydrogen) atoms. The smallest absolute Gasteiger partial charge is 0.194 e. The predicted octanol–water partition coefficient (Wildman–Crippen LogP) is 3.20. The van der Waals surface area contributed by atoms with E-state index in [-0.39, 0.29) is 11.5 Å². The van der Waals surface area contributed by atoms with Crippen LogP contribution in [0.5, 0.6) is 11.5 Å². The van der Waals surface area contributed by atoms with Gasteiger partial charge < -0.3 is 13.9 Å². The van der Waals surface area contributed by atoms with Crippen LogP contribution in [0.3, 0.4) is 0 Å².